The number of nitrogens with zero attached hydrogens (tertiary/aromatic N) is 1. The summed E-state index contributed by atoms with van der Waals surface area (Å²) >= 11 is 0. The highest BCUT2D eigenvalue weighted by atomic mass is 16.2. The molecule has 1 fully saturated rings. The molecule has 2 aliphatic rings. The predicted octanol–water partition coefficient (Wildman–Crippen LogP) is 1.46. The van der Waals surface area contributed by atoms with Crippen LogP contribution in [0, 0.1) is 5.92 Å². The Hall–Kier alpha value is -2.70. The molecule has 0 spiro atoms. The number of rotatable bonds is 3. The lowest BCUT2D eigenvalue weighted by atomic mass is 10.0. The SMILES string of the molecule is CC(C)C[C@@H]1NC(=O)c2ccccc2NC1=N[C@H]1CCC(=O)NC1=O. The molecule has 1 aromatic rings. The second-order valence-electron chi connectivity index (χ2n) is 6.81. The lowest BCUT2D eigenvalue weighted by Crippen LogP contribution is -2.46. The number of carbonyl (C=O) groups is 3. The zero-order valence-corrected chi connectivity index (χ0v) is 14.3. The van der Waals surface area contributed by atoms with E-state index in [0.717, 1.165) is 0 Å². The Balaban J connectivity index is 1.95. The first-order valence-electron chi connectivity index (χ1n) is 8.52. The third-order valence-corrected chi connectivity index (χ3v) is 4.28. The maximum Gasteiger partial charge on any atom is 0.253 e. The molecule has 7 nitrogen and oxygen atoms in total. The molecule has 1 aromatic carbocycles. The summed E-state index contributed by atoms with van der Waals surface area (Å²) in [6.45, 7) is 4.13. The van der Waals surface area contributed by atoms with Crippen LogP contribution in [-0.2, 0) is 9.59 Å². The summed E-state index contributed by atoms with van der Waals surface area (Å²) in [5, 5.41) is 8.54. The molecular weight excluding hydrogens is 320 g/mol. The van der Waals surface area contributed by atoms with Gasteiger partial charge in [-0.25, -0.2) is 0 Å². The number of benzene rings is 1. The molecule has 3 amide bonds. The molecule has 0 aromatic heterocycles. The minimum Gasteiger partial charge on any atom is -0.342 e. The number of piperidine rings is 1. The first-order valence-corrected chi connectivity index (χ1v) is 8.52. The monoisotopic (exact) mass is 342 g/mol. The van der Waals surface area contributed by atoms with Crippen molar-refractivity contribution in [2.45, 2.75) is 45.2 Å². The Morgan fingerprint density at radius 1 is 1.16 bits per heavy atom. The Morgan fingerprint density at radius 2 is 1.92 bits per heavy atom. The minimum atomic E-state index is -0.628. The number of carbonyl (C=O) groups excluding carboxylic acids is 3. The van der Waals surface area contributed by atoms with Crippen LogP contribution in [-0.4, -0.2) is 35.6 Å². The van der Waals surface area contributed by atoms with E-state index in [2.05, 4.69) is 34.8 Å². The number of nitrogens with one attached hydrogen (secondary N) is 3. The molecule has 2 heterocycles. The number of fused-ring (bicyclic) bond motifs is 1. The third kappa shape index (κ3) is 3.87. The van der Waals surface area contributed by atoms with Gasteiger partial charge in [0, 0.05) is 6.42 Å². The topological polar surface area (TPSA) is 99.7 Å². The van der Waals surface area contributed by atoms with Gasteiger partial charge in [0.05, 0.1) is 17.3 Å². The van der Waals surface area contributed by atoms with E-state index in [0.29, 0.717) is 35.8 Å². The number of aliphatic imine (C=N–C) groups is 1. The van der Waals surface area contributed by atoms with Crippen LogP contribution in [0.15, 0.2) is 29.3 Å². The standard InChI is InChI=1S/C18H22N4O3/c1-10(2)9-14-16(20-13-7-8-15(23)22-18(13)25)19-12-6-4-3-5-11(12)17(24)21-14/h3-6,10,13-14H,7-9H2,1-2H3,(H,19,20)(H,21,24)(H,22,23,25)/t13-,14-/m0/s1. The molecule has 3 N–H and O–H groups in total. The number of para-hydroxylation sites is 1. The van der Waals surface area contributed by atoms with Crippen molar-refractivity contribution in [3.63, 3.8) is 0 Å². The number of anilines is 1. The van der Waals surface area contributed by atoms with E-state index in [1.807, 2.05) is 12.1 Å². The van der Waals surface area contributed by atoms with Crippen molar-refractivity contribution >= 4 is 29.2 Å². The molecule has 1 saturated heterocycles. The second kappa shape index (κ2) is 7.04. The average molecular weight is 342 g/mol. The predicted molar refractivity (Wildman–Crippen MR) is 94.4 cm³/mol. The van der Waals surface area contributed by atoms with Gasteiger partial charge in [0.25, 0.3) is 11.8 Å². The van der Waals surface area contributed by atoms with Crippen LogP contribution in [0.4, 0.5) is 5.69 Å². The second-order valence-corrected chi connectivity index (χ2v) is 6.81. The molecule has 7 heteroatoms. The Kier molecular flexibility index (Phi) is 4.83. The van der Waals surface area contributed by atoms with Crippen LogP contribution in [0.2, 0.25) is 0 Å². The van der Waals surface area contributed by atoms with Gasteiger partial charge in [-0.05, 0) is 30.9 Å². The summed E-state index contributed by atoms with van der Waals surface area (Å²) in [6, 6.07) is 6.26. The van der Waals surface area contributed by atoms with Crippen molar-refractivity contribution in [3.05, 3.63) is 29.8 Å². The van der Waals surface area contributed by atoms with Crippen LogP contribution in [0.1, 0.15) is 43.5 Å². The highest BCUT2D eigenvalue weighted by Crippen LogP contribution is 2.22. The van der Waals surface area contributed by atoms with Crippen LogP contribution in [0.3, 0.4) is 0 Å². The van der Waals surface area contributed by atoms with Gasteiger partial charge >= 0.3 is 0 Å². The molecule has 0 unspecified atom stereocenters. The smallest absolute Gasteiger partial charge is 0.253 e. The van der Waals surface area contributed by atoms with Gasteiger partial charge in [0.1, 0.15) is 11.9 Å². The zero-order chi connectivity index (χ0) is 18.0. The van der Waals surface area contributed by atoms with Crippen molar-refractivity contribution in [1.29, 1.82) is 0 Å². The average Bonchev–Trinajstić information content (AvgIpc) is 2.67. The van der Waals surface area contributed by atoms with Crippen LogP contribution in [0.25, 0.3) is 0 Å². The van der Waals surface area contributed by atoms with Gasteiger partial charge in [-0.15, -0.1) is 0 Å². The van der Waals surface area contributed by atoms with Gasteiger partial charge in [0.15, 0.2) is 0 Å². The summed E-state index contributed by atoms with van der Waals surface area (Å²) in [5.41, 5.74) is 1.21. The molecule has 0 saturated carbocycles. The third-order valence-electron chi connectivity index (χ3n) is 4.28. The van der Waals surface area contributed by atoms with E-state index >= 15 is 0 Å². The number of amidine groups is 1. The van der Waals surface area contributed by atoms with E-state index in [-0.39, 0.29) is 24.3 Å². The zero-order valence-electron chi connectivity index (χ0n) is 14.3. The summed E-state index contributed by atoms with van der Waals surface area (Å²) in [7, 11) is 0. The lowest BCUT2D eigenvalue weighted by molar-refractivity contribution is -0.133. The van der Waals surface area contributed by atoms with Crippen LogP contribution >= 0.6 is 0 Å². The Labute approximate surface area is 146 Å². The van der Waals surface area contributed by atoms with E-state index in [1.54, 1.807) is 12.1 Å². The maximum atomic E-state index is 12.5. The fourth-order valence-corrected chi connectivity index (χ4v) is 3.06. The van der Waals surface area contributed by atoms with E-state index in [9.17, 15) is 14.4 Å². The van der Waals surface area contributed by atoms with Crippen molar-refractivity contribution < 1.29 is 14.4 Å². The largest absolute Gasteiger partial charge is 0.342 e. The van der Waals surface area contributed by atoms with Gasteiger partial charge in [-0.3, -0.25) is 24.7 Å². The van der Waals surface area contributed by atoms with Gasteiger partial charge < -0.3 is 10.6 Å². The number of hydrogen-bond acceptors (Lipinski definition) is 4. The quantitative estimate of drug-likeness (QED) is 0.724. The molecule has 0 aliphatic carbocycles. The lowest BCUT2D eigenvalue weighted by Gasteiger charge is -2.23. The molecular formula is C18H22N4O3. The Bertz CT molecular complexity index is 742. The highest BCUT2D eigenvalue weighted by molar-refractivity contribution is 6.12. The molecule has 132 valence electrons. The first kappa shape index (κ1) is 17.1. The summed E-state index contributed by atoms with van der Waals surface area (Å²) in [4.78, 5) is 40.5. The van der Waals surface area contributed by atoms with Crippen molar-refractivity contribution in [3.8, 4) is 0 Å². The van der Waals surface area contributed by atoms with Crippen LogP contribution < -0.4 is 16.0 Å². The van der Waals surface area contributed by atoms with E-state index in [1.165, 1.54) is 0 Å². The number of hydrogen-bond donors (Lipinski definition) is 3. The normalized spacial score (nSPS) is 25.1. The van der Waals surface area contributed by atoms with Gasteiger partial charge in [-0.2, -0.15) is 0 Å². The van der Waals surface area contributed by atoms with E-state index < -0.39 is 11.9 Å². The molecule has 2 atom stereocenters. The minimum absolute atomic E-state index is 0.165. The van der Waals surface area contributed by atoms with Crippen molar-refractivity contribution in [1.82, 2.24) is 10.6 Å². The summed E-state index contributed by atoms with van der Waals surface area (Å²) in [5.74, 6) is 0.0642. The molecule has 25 heavy (non-hydrogen) atoms. The highest BCUT2D eigenvalue weighted by Gasteiger charge is 2.31. The van der Waals surface area contributed by atoms with E-state index in [4.69, 9.17) is 0 Å². The fraction of sp³-hybridized carbons (Fsp3) is 0.444. The van der Waals surface area contributed by atoms with Crippen molar-refractivity contribution in [2.75, 3.05) is 5.32 Å². The maximum absolute atomic E-state index is 12.5. The molecule has 0 radical (unpaired) electrons. The molecule has 0 bridgehead atoms. The number of amides is 3. The summed E-state index contributed by atoms with van der Waals surface area (Å²) in [6.07, 6.45) is 1.34. The fourth-order valence-electron chi connectivity index (χ4n) is 3.06. The Morgan fingerprint density at radius 3 is 2.64 bits per heavy atom. The number of imide groups is 1. The molecule has 3 rings (SSSR count). The molecule has 2 aliphatic heterocycles. The van der Waals surface area contributed by atoms with Crippen molar-refractivity contribution in [2.24, 2.45) is 10.9 Å². The van der Waals surface area contributed by atoms with Gasteiger partial charge in [-0.1, -0.05) is 26.0 Å². The summed E-state index contributed by atoms with van der Waals surface area (Å²) < 4.78 is 0. The first-order chi connectivity index (χ1) is 11.9. The van der Waals surface area contributed by atoms with Gasteiger partial charge in [0.2, 0.25) is 5.91 Å². The van der Waals surface area contributed by atoms with Crippen LogP contribution in [0.5, 0.6) is 0 Å².